The van der Waals surface area contributed by atoms with E-state index in [-0.39, 0.29) is 6.04 Å². The molecule has 0 aliphatic carbocycles. The van der Waals surface area contributed by atoms with E-state index >= 15 is 0 Å². The zero-order chi connectivity index (χ0) is 11.4. The van der Waals surface area contributed by atoms with Crippen LogP contribution in [0.1, 0.15) is 0 Å². The summed E-state index contributed by atoms with van der Waals surface area (Å²) in [6, 6.07) is 3.76. The second kappa shape index (κ2) is 4.96. The molecule has 2 aromatic heterocycles. The first-order valence-electron chi connectivity index (χ1n) is 5.13. The summed E-state index contributed by atoms with van der Waals surface area (Å²) in [7, 11) is 1.65. The zero-order valence-electron chi connectivity index (χ0n) is 9.14. The Labute approximate surface area is 93.6 Å². The Kier molecular flexibility index (Phi) is 3.38. The van der Waals surface area contributed by atoms with Gasteiger partial charge < -0.3 is 20.2 Å². The van der Waals surface area contributed by atoms with Crippen LogP contribution in [0.2, 0.25) is 0 Å². The predicted molar refractivity (Wildman–Crippen MR) is 62.4 cm³/mol. The number of hydrogen-bond acceptors (Lipinski definition) is 5. The molecule has 1 atom stereocenters. The van der Waals surface area contributed by atoms with Crippen LogP contribution in [-0.2, 0) is 4.74 Å². The number of pyridine rings is 1. The number of rotatable bonds is 5. The van der Waals surface area contributed by atoms with Crippen LogP contribution in [0.15, 0.2) is 29.0 Å². The number of nitrogens with two attached hydrogens (primary N) is 1. The lowest BCUT2D eigenvalue weighted by Gasteiger charge is -2.16. The van der Waals surface area contributed by atoms with Gasteiger partial charge in [0, 0.05) is 19.9 Å². The molecule has 2 heterocycles. The van der Waals surface area contributed by atoms with Gasteiger partial charge in [0.1, 0.15) is 11.4 Å². The number of methoxy groups -OCH3 is 1. The van der Waals surface area contributed by atoms with Crippen molar-refractivity contribution in [3.63, 3.8) is 0 Å². The van der Waals surface area contributed by atoms with E-state index in [0.717, 1.165) is 16.8 Å². The molecule has 5 nitrogen and oxygen atoms in total. The van der Waals surface area contributed by atoms with Crippen molar-refractivity contribution in [3.8, 4) is 0 Å². The summed E-state index contributed by atoms with van der Waals surface area (Å²) in [5.41, 5.74) is 6.44. The van der Waals surface area contributed by atoms with E-state index in [0.29, 0.717) is 13.2 Å². The summed E-state index contributed by atoms with van der Waals surface area (Å²) in [5.74, 6) is 0.777. The summed E-state index contributed by atoms with van der Waals surface area (Å²) in [6.07, 6.45) is 3.35. The number of hydrogen-bond donors (Lipinski definition) is 2. The van der Waals surface area contributed by atoms with Gasteiger partial charge in [-0.25, -0.2) is 4.98 Å². The molecule has 0 saturated heterocycles. The highest BCUT2D eigenvalue weighted by Gasteiger charge is 2.10. The fourth-order valence-corrected chi connectivity index (χ4v) is 1.57. The van der Waals surface area contributed by atoms with E-state index in [2.05, 4.69) is 10.3 Å². The molecule has 1 unspecified atom stereocenters. The van der Waals surface area contributed by atoms with Crippen molar-refractivity contribution < 1.29 is 9.15 Å². The van der Waals surface area contributed by atoms with Crippen molar-refractivity contribution in [2.75, 3.05) is 25.6 Å². The van der Waals surface area contributed by atoms with Gasteiger partial charge in [-0.05, 0) is 12.1 Å². The minimum atomic E-state index is 0.0537. The number of aromatic nitrogens is 1. The van der Waals surface area contributed by atoms with Gasteiger partial charge in [0.25, 0.3) is 0 Å². The second-order valence-electron chi connectivity index (χ2n) is 3.52. The van der Waals surface area contributed by atoms with Gasteiger partial charge in [0.15, 0.2) is 0 Å². The van der Waals surface area contributed by atoms with Crippen molar-refractivity contribution in [2.45, 2.75) is 6.04 Å². The lowest BCUT2D eigenvalue weighted by atomic mass is 10.2. The maximum Gasteiger partial charge on any atom is 0.139 e. The maximum absolute atomic E-state index is 5.63. The molecule has 5 heteroatoms. The number of ether oxygens (including phenoxy) is 1. The molecule has 16 heavy (non-hydrogen) atoms. The highest BCUT2D eigenvalue weighted by Crippen LogP contribution is 2.22. The minimum Gasteiger partial charge on any atom is -0.464 e. The molecule has 0 spiro atoms. The summed E-state index contributed by atoms with van der Waals surface area (Å²) in [5, 5.41) is 4.19. The van der Waals surface area contributed by atoms with Crippen molar-refractivity contribution in [1.29, 1.82) is 0 Å². The van der Waals surface area contributed by atoms with Crippen LogP contribution in [0.5, 0.6) is 0 Å². The quantitative estimate of drug-likeness (QED) is 0.794. The summed E-state index contributed by atoms with van der Waals surface area (Å²) in [4.78, 5) is 4.27. The fraction of sp³-hybridized carbons (Fsp3) is 0.364. The van der Waals surface area contributed by atoms with Crippen LogP contribution in [0.4, 0.5) is 5.82 Å². The topological polar surface area (TPSA) is 73.3 Å². The number of anilines is 1. The summed E-state index contributed by atoms with van der Waals surface area (Å²) in [6.45, 7) is 1.04. The highest BCUT2D eigenvalue weighted by molar-refractivity contribution is 5.87. The first kappa shape index (κ1) is 10.9. The smallest absolute Gasteiger partial charge is 0.139 e. The molecule has 2 rings (SSSR count). The van der Waals surface area contributed by atoms with Crippen LogP contribution in [0.3, 0.4) is 0 Å². The summed E-state index contributed by atoms with van der Waals surface area (Å²) < 4.78 is 10.4. The molecule has 3 N–H and O–H groups in total. The zero-order valence-corrected chi connectivity index (χ0v) is 9.14. The molecule has 2 aromatic rings. The average molecular weight is 221 g/mol. The van der Waals surface area contributed by atoms with Crippen LogP contribution < -0.4 is 11.1 Å². The third kappa shape index (κ3) is 2.15. The number of nitrogens with zero attached hydrogens (tertiary/aromatic N) is 1. The van der Waals surface area contributed by atoms with E-state index in [1.54, 1.807) is 19.6 Å². The van der Waals surface area contributed by atoms with Gasteiger partial charge in [0.2, 0.25) is 0 Å². The van der Waals surface area contributed by atoms with Gasteiger partial charge in [-0.3, -0.25) is 0 Å². The van der Waals surface area contributed by atoms with Crippen molar-refractivity contribution in [2.24, 2.45) is 5.73 Å². The number of nitrogens with one attached hydrogen (secondary N) is 1. The Morgan fingerprint density at radius 3 is 3.19 bits per heavy atom. The van der Waals surface area contributed by atoms with Crippen LogP contribution in [-0.4, -0.2) is 31.3 Å². The lowest BCUT2D eigenvalue weighted by molar-refractivity contribution is 0.187. The van der Waals surface area contributed by atoms with Gasteiger partial charge in [0.05, 0.1) is 24.3 Å². The fourth-order valence-electron chi connectivity index (χ4n) is 1.57. The molecule has 0 fully saturated rings. The summed E-state index contributed by atoms with van der Waals surface area (Å²) >= 11 is 0. The second-order valence-corrected chi connectivity index (χ2v) is 3.52. The standard InChI is InChI=1S/C11H15N3O2/c1-15-7-8(6-12)14-11-9-3-5-16-10(9)2-4-13-11/h2-5,8H,6-7,12H2,1H3,(H,13,14). The maximum atomic E-state index is 5.63. The molecule has 0 saturated carbocycles. The van der Waals surface area contributed by atoms with Crippen molar-refractivity contribution in [1.82, 2.24) is 4.98 Å². The van der Waals surface area contributed by atoms with Gasteiger partial charge in [-0.15, -0.1) is 0 Å². The highest BCUT2D eigenvalue weighted by atomic mass is 16.5. The molecule has 0 aliphatic heterocycles. The van der Waals surface area contributed by atoms with Crippen molar-refractivity contribution in [3.05, 3.63) is 24.6 Å². The van der Waals surface area contributed by atoms with Crippen LogP contribution >= 0.6 is 0 Å². The molecule has 0 radical (unpaired) electrons. The Morgan fingerprint density at radius 2 is 2.44 bits per heavy atom. The van der Waals surface area contributed by atoms with E-state index in [4.69, 9.17) is 14.9 Å². The lowest BCUT2D eigenvalue weighted by Crippen LogP contribution is -2.33. The Balaban J connectivity index is 2.22. The van der Waals surface area contributed by atoms with E-state index in [1.807, 2.05) is 12.1 Å². The normalized spacial score (nSPS) is 12.9. The molecule has 0 aromatic carbocycles. The SMILES string of the molecule is COCC(CN)Nc1nccc2occc12. The van der Waals surface area contributed by atoms with E-state index < -0.39 is 0 Å². The Morgan fingerprint density at radius 1 is 1.56 bits per heavy atom. The minimum absolute atomic E-state index is 0.0537. The molecule has 0 amide bonds. The van der Waals surface area contributed by atoms with E-state index in [1.165, 1.54) is 0 Å². The van der Waals surface area contributed by atoms with Gasteiger partial charge >= 0.3 is 0 Å². The first-order valence-corrected chi connectivity index (χ1v) is 5.13. The molecule has 0 aliphatic rings. The third-order valence-corrected chi connectivity index (χ3v) is 2.37. The van der Waals surface area contributed by atoms with E-state index in [9.17, 15) is 0 Å². The average Bonchev–Trinajstić information content (AvgIpc) is 2.77. The Bertz CT molecular complexity index is 455. The monoisotopic (exact) mass is 221 g/mol. The largest absolute Gasteiger partial charge is 0.464 e. The third-order valence-electron chi connectivity index (χ3n) is 2.37. The molecular formula is C11H15N3O2. The molecular weight excluding hydrogens is 206 g/mol. The molecule has 0 bridgehead atoms. The van der Waals surface area contributed by atoms with Crippen molar-refractivity contribution >= 4 is 16.8 Å². The Hall–Kier alpha value is -1.59. The van der Waals surface area contributed by atoms with Gasteiger partial charge in [-0.1, -0.05) is 0 Å². The number of fused-ring (bicyclic) bond motifs is 1. The van der Waals surface area contributed by atoms with Crippen LogP contribution in [0, 0.1) is 0 Å². The van der Waals surface area contributed by atoms with Gasteiger partial charge in [-0.2, -0.15) is 0 Å². The molecule has 86 valence electrons. The van der Waals surface area contributed by atoms with Crippen LogP contribution in [0.25, 0.3) is 11.0 Å². The first-order chi connectivity index (χ1) is 7.85. The number of furan rings is 1. The predicted octanol–water partition coefficient (Wildman–Crippen LogP) is 1.21.